The van der Waals surface area contributed by atoms with Crippen LogP contribution in [0.25, 0.3) is 0 Å². The van der Waals surface area contributed by atoms with Gasteiger partial charge in [-0.25, -0.2) is 4.98 Å². The van der Waals surface area contributed by atoms with Crippen LogP contribution in [-0.4, -0.2) is 52.6 Å². The monoisotopic (exact) mass is 353 g/mol. The van der Waals surface area contributed by atoms with Crippen LogP contribution in [0.1, 0.15) is 34.3 Å². The van der Waals surface area contributed by atoms with Crippen LogP contribution in [0.5, 0.6) is 0 Å². The molecular weight excluding hydrogens is 330 g/mol. The third kappa shape index (κ3) is 4.23. The molecule has 2 heterocycles. The number of benzene rings is 1. The predicted molar refractivity (Wildman–Crippen MR) is 100 cm³/mol. The van der Waals surface area contributed by atoms with Crippen molar-refractivity contribution in [3.8, 4) is 0 Å². The van der Waals surface area contributed by atoms with Gasteiger partial charge in [-0.05, 0) is 19.8 Å². The first-order valence-corrected chi connectivity index (χ1v) is 8.73. The van der Waals surface area contributed by atoms with E-state index in [4.69, 9.17) is 5.73 Å². The van der Waals surface area contributed by atoms with Gasteiger partial charge in [0.25, 0.3) is 0 Å². The number of nitrogens with two attached hydrogens (primary N) is 1. The summed E-state index contributed by atoms with van der Waals surface area (Å²) in [6, 6.07) is 7.55. The van der Waals surface area contributed by atoms with E-state index >= 15 is 0 Å². The summed E-state index contributed by atoms with van der Waals surface area (Å²) in [5, 5.41) is 3.27. The molecule has 136 valence electrons. The van der Waals surface area contributed by atoms with E-state index in [0.29, 0.717) is 23.6 Å². The fourth-order valence-corrected chi connectivity index (χ4v) is 3.05. The molecule has 1 aromatic heterocycles. The molecule has 3 rings (SSSR count). The molecule has 0 radical (unpaired) electrons. The number of anilines is 2. The van der Waals surface area contributed by atoms with Crippen molar-refractivity contribution in [2.75, 3.05) is 30.7 Å². The van der Waals surface area contributed by atoms with E-state index in [1.54, 1.807) is 12.1 Å². The van der Waals surface area contributed by atoms with Crippen LogP contribution in [0.4, 0.5) is 11.8 Å². The zero-order valence-electron chi connectivity index (χ0n) is 14.8. The highest BCUT2D eigenvalue weighted by atomic mass is 16.1. The number of aldehydes is 1. The molecule has 0 saturated carbocycles. The number of likely N-dealkylation sites (tertiary alicyclic amines) is 1. The summed E-state index contributed by atoms with van der Waals surface area (Å²) in [6.07, 6.45) is 4.22. The maximum absolute atomic E-state index is 12.6. The molecule has 1 fully saturated rings. The normalized spacial score (nSPS) is 15.6. The van der Waals surface area contributed by atoms with Crippen molar-refractivity contribution < 1.29 is 9.59 Å². The Balaban J connectivity index is 1.65. The van der Waals surface area contributed by atoms with Crippen molar-refractivity contribution in [3.63, 3.8) is 0 Å². The van der Waals surface area contributed by atoms with E-state index in [0.717, 1.165) is 37.8 Å². The average molecular weight is 353 g/mol. The second-order valence-electron chi connectivity index (χ2n) is 6.57. The number of rotatable bonds is 6. The topological polar surface area (TPSA) is 101 Å². The van der Waals surface area contributed by atoms with Crippen LogP contribution in [0, 0.1) is 6.92 Å². The SMILES string of the molecule is Cc1ccc(C(=O)c2cnc(NC3CCN(CC=O)CC3)nc2N)cc1. The molecular formula is C19H23N5O2. The Kier molecular flexibility index (Phi) is 5.58. The summed E-state index contributed by atoms with van der Waals surface area (Å²) in [4.78, 5) is 33.8. The van der Waals surface area contributed by atoms with Crippen molar-refractivity contribution in [1.82, 2.24) is 14.9 Å². The molecule has 1 aliphatic heterocycles. The average Bonchev–Trinajstić information content (AvgIpc) is 2.64. The van der Waals surface area contributed by atoms with Crippen molar-refractivity contribution in [2.45, 2.75) is 25.8 Å². The summed E-state index contributed by atoms with van der Waals surface area (Å²) in [6.45, 7) is 4.16. The Labute approximate surface area is 152 Å². The lowest BCUT2D eigenvalue weighted by molar-refractivity contribution is -0.109. The Hall–Kier alpha value is -2.80. The highest BCUT2D eigenvalue weighted by molar-refractivity contribution is 6.11. The van der Waals surface area contributed by atoms with Crippen LogP contribution in [0.2, 0.25) is 0 Å². The van der Waals surface area contributed by atoms with Gasteiger partial charge in [-0.1, -0.05) is 29.8 Å². The largest absolute Gasteiger partial charge is 0.383 e. The molecule has 7 heteroatoms. The number of aromatic nitrogens is 2. The van der Waals surface area contributed by atoms with Gasteiger partial charge in [0.05, 0.1) is 12.1 Å². The van der Waals surface area contributed by atoms with Crippen molar-refractivity contribution >= 4 is 23.8 Å². The maximum atomic E-state index is 12.6. The molecule has 0 bridgehead atoms. The third-order valence-corrected chi connectivity index (χ3v) is 4.63. The number of nitrogen functional groups attached to an aromatic ring is 1. The third-order valence-electron chi connectivity index (χ3n) is 4.63. The molecule has 2 aromatic rings. The van der Waals surface area contributed by atoms with E-state index in [1.807, 2.05) is 19.1 Å². The minimum Gasteiger partial charge on any atom is -0.383 e. The standard InChI is InChI=1S/C19H23N5O2/c1-13-2-4-14(5-3-13)17(26)16-12-21-19(23-18(16)20)22-15-6-8-24(9-7-15)10-11-25/h2-5,11-12,15H,6-10H2,1H3,(H3,20,21,22,23). The number of ketones is 1. The lowest BCUT2D eigenvalue weighted by atomic mass is 10.0. The van der Waals surface area contributed by atoms with Gasteiger partial charge in [-0.3, -0.25) is 9.69 Å². The van der Waals surface area contributed by atoms with Gasteiger partial charge in [0.15, 0.2) is 5.78 Å². The van der Waals surface area contributed by atoms with Gasteiger partial charge >= 0.3 is 0 Å². The zero-order valence-corrected chi connectivity index (χ0v) is 14.8. The first-order chi connectivity index (χ1) is 12.6. The smallest absolute Gasteiger partial charge is 0.224 e. The minimum absolute atomic E-state index is 0.173. The van der Waals surface area contributed by atoms with Gasteiger partial charge in [0.2, 0.25) is 5.95 Å². The van der Waals surface area contributed by atoms with E-state index in [2.05, 4.69) is 20.2 Å². The molecule has 1 aliphatic rings. The first-order valence-electron chi connectivity index (χ1n) is 8.73. The number of hydrogen-bond acceptors (Lipinski definition) is 7. The van der Waals surface area contributed by atoms with Crippen molar-refractivity contribution in [1.29, 1.82) is 0 Å². The van der Waals surface area contributed by atoms with Gasteiger partial charge in [0.1, 0.15) is 12.1 Å². The fourth-order valence-electron chi connectivity index (χ4n) is 3.05. The minimum atomic E-state index is -0.184. The van der Waals surface area contributed by atoms with Gasteiger partial charge < -0.3 is 15.8 Å². The fraction of sp³-hybridized carbons (Fsp3) is 0.368. The molecule has 3 N–H and O–H groups in total. The molecule has 1 aromatic carbocycles. The number of carbonyl (C=O) groups is 2. The van der Waals surface area contributed by atoms with Crippen LogP contribution < -0.4 is 11.1 Å². The number of aryl methyl sites for hydroxylation is 1. The second kappa shape index (κ2) is 8.05. The molecule has 7 nitrogen and oxygen atoms in total. The number of hydrogen-bond donors (Lipinski definition) is 2. The van der Waals surface area contributed by atoms with Crippen LogP contribution in [0.15, 0.2) is 30.5 Å². The zero-order chi connectivity index (χ0) is 18.5. The van der Waals surface area contributed by atoms with E-state index in [-0.39, 0.29) is 17.6 Å². The molecule has 0 atom stereocenters. The Morgan fingerprint density at radius 1 is 1.31 bits per heavy atom. The van der Waals surface area contributed by atoms with Crippen LogP contribution in [-0.2, 0) is 4.79 Å². The number of piperidine rings is 1. The van der Waals surface area contributed by atoms with Crippen molar-refractivity contribution in [3.05, 3.63) is 47.2 Å². The molecule has 0 aliphatic carbocycles. The first kappa shape index (κ1) is 18.0. The maximum Gasteiger partial charge on any atom is 0.224 e. The highest BCUT2D eigenvalue weighted by Crippen LogP contribution is 2.18. The summed E-state index contributed by atoms with van der Waals surface area (Å²) >= 11 is 0. The Morgan fingerprint density at radius 3 is 2.62 bits per heavy atom. The number of nitrogens with zero attached hydrogens (tertiary/aromatic N) is 3. The predicted octanol–water partition coefficient (Wildman–Crippen LogP) is 1.67. The summed E-state index contributed by atoms with van der Waals surface area (Å²) < 4.78 is 0. The van der Waals surface area contributed by atoms with Gasteiger partial charge in [0, 0.05) is 30.9 Å². The van der Waals surface area contributed by atoms with Crippen molar-refractivity contribution in [2.24, 2.45) is 0 Å². The lowest BCUT2D eigenvalue weighted by Crippen LogP contribution is -2.40. The number of carbonyl (C=O) groups excluding carboxylic acids is 2. The van der Waals surface area contributed by atoms with Crippen LogP contribution >= 0.6 is 0 Å². The Morgan fingerprint density at radius 2 is 2.00 bits per heavy atom. The highest BCUT2D eigenvalue weighted by Gasteiger charge is 2.20. The molecule has 0 unspecified atom stereocenters. The van der Waals surface area contributed by atoms with E-state index in [9.17, 15) is 9.59 Å². The molecule has 0 spiro atoms. The van der Waals surface area contributed by atoms with E-state index in [1.165, 1.54) is 6.20 Å². The summed E-state index contributed by atoms with van der Waals surface area (Å²) in [5.74, 6) is 0.416. The second-order valence-corrected chi connectivity index (χ2v) is 6.57. The van der Waals surface area contributed by atoms with Crippen LogP contribution in [0.3, 0.4) is 0 Å². The molecule has 1 saturated heterocycles. The summed E-state index contributed by atoms with van der Waals surface area (Å²) in [7, 11) is 0. The quantitative estimate of drug-likeness (QED) is 0.602. The lowest BCUT2D eigenvalue weighted by Gasteiger charge is -2.31. The van der Waals surface area contributed by atoms with Gasteiger partial charge in [-0.2, -0.15) is 4.98 Å². The Bertz CT molecular complexity index is 783. The van der Waals surface area contributed by atoms with Gasteiger partial charge in [-0.15, -0.1) is 0 Å². The van der Waals surface area contributed by atoms with E-state index < -0.39 is 0 Å². The molecule has 26 heavy (non-hydrogen) atoms. The summed E-state index contributed by atoms with van der Waals surface area (Å²) in [5.41, 5.74) is 7.95. The molecule has 0 amide bonds. The number of nitrogens with one attached hydrogen (secondary N) is 1.